The van der Waals surface area contributed by atoms with Gasteiger partial charge in [0.25, 0.3) is 15.9 Å². The van der Waals surface area contributed by atoms with Gasteiger partial charge in [-0.3, -0.25) is 9.10 Å². The number of ether oxygens (including phenoxy) is 2. The van der Waals surface area contributed by atoms with Crippen molar-refractivity contribution in [3.63, 3.8) is 0 Å². The molecule has 0 aliphatic heterocycles. The molecule has 174 valence electrons. The summed E-state index contributed by atoms with van der Waals surface area (Å²) in [6.45, 7) is 0.335. The van der Waals surface area contributed by atoms with Gasteiger partial charge in [-0.25, -0.2) is 8.42 Å². The van der Waals surface area contributed by atoms with E-state index in [4.69, 9.17) is 21.1 Å². The molecule has 3 rings (SSSR count). The molecule has 3 aromatic carbocycles. The van der Waals surface area contributed by atoms with E-state index in [0.717, 1.165) is 9.87 Å². The first-order valence-electron chi connectivity index (χ1n) is 10.1. The van der Waals surface area contributed by atoms with Gasteiger partial charge in [0, 0.05) is 24.2 Å². The van der Waals surface area contributed by atoms with Crippen molar-refractivity contribution >= 4 is 33.2 Å². The average molecular weight is 489 g/mol. The fourth-order valence-corrected chi connectivity index (χ4v) is 4.68. The number of hydrogen-bond donors (Lipinski definition) is 1. The molecule has 0 atom stereocenters. The highest BCUT2D eigenvalue weighted by atomic mass is 35.5. The van der Waals surface area contributed by atoms with Crippen LogP contribution in [0.25, 0.3) is 0 Å². The van der Waals surface area contributed by atoms with E-state index in [2.05, 4.69) is 5.32 Å². The normalized spacial score (nSPS) is 11.0. The molecule has 33 heavy (non-hydrogen) atoms. The van der Waals surface area contributed by atoms with Crippen molar-refractivity contribution in [3.8, 4) is 11.5 Å². The van der Waals surface area contributed by atoms with Crippen LogP contribution in [0.5, 0.6) is 11.5 Å². The molecule has 0 saturated carbocycles. The van der Waals surface area contributed by atoms with E-state index in [-0.39, 0.29) is 16.4 Å². The first-order chi connectivity index (χ1) is 15.8. The topological polar surface area (TPSA) is 84.9 Å². The molecule has 0 saturated heterocycles. The predicted molar refractivity (Wildman–Crippen MR) is 129 cm³/mol. The largest absolute Gasteiger partial charge is 0.497 e. The Morgan fingerprint density at radius 1 is 1.00 bits per heavy atom. The van der Waals surface area contributed by atoms with Crippen LogP contribution in [0.3, 0.4) is 0 Å². The van der Waals surface area contributed by atoms with Crippen LogP contribution in [0.2, 0.25) is 5.02 Å². The smallest absolute Gasteiger partial charge is 0.264 e. The third-order valence-electron chi connectivity index (χ3n) is 5.09. The molecule has 0 spiro atoms. The van der Waals surface area contributed by atoms with Gasteiger partial charge in [0.15, 0.2) is 0 Å². The van der Waals surface area contributed by atoms with E-state index in [0.29, 0.717) is 35.2 Å². The summed E-state index contributed by atoms with van der Waals surface area (Å²) < 4.78 is 37.9. The molecule has 7 nitrogen and oxygen atoms in total. The van der Waals surface area contributed by atoms with E-state index in [1.54, 1.807) is 62.8 Å². The molecule has 0 bridgehead atoms. The lowest BCUT2D eigenvalue weighted by Gasteiger charge is -2.20. The van der Waals surface area contributed by atoms with E-state index in [1.165, 1.54) is 19.2 Å². The van der Waals surface area contributed by atoms with Gasteiger partial charge in [-0.05, 0) is 66.6 Å². The van der Waals surface area contributed by atoms with Crippen LogP contribution in [0.4, 0.5) is 5.69 Å². The minimum absolute atomic E-state index is 0.00657. The van der Waals surface area contributed by atoms with Crippen molar-refractivity contribution in [2.75, 3.05) is 32.1 Å². The maximum absolute atomic E-state index is 13.1. The van der Waals surface area contributed by atoms with Crippen molar-refractivity contribution in [1.82, 2.24) is 5.32 Å². The van der Waals surface area contributed by atoms with Crippen LogP contribution >= 0.6 is 11.6 Å². The summed E-state index contributed by atoms with van der Waals surface area (Å²) in [7, 11) is 0.720. The molecule has 0 aliphatic rings. The summed E-state index contributed by atoms with van der Waals surface area (Å²) in [5.41, 5.74) is 1.55. The minimum Gasteiger partial charge on any atom is -0.497 e. The van der Waals surface area contributed by atoms with E-state index < -0.39 is 10.0 Å². The zero-order valence-corrected chi connectivity index (χ0v) is 20.1. The Hall–Kier alpha value is -3.23. The Balaban J connectivity index is 1.72. The van der Waals surface area contributed by atoms with Gasteiger partial charge in [0.1, 0.15) is 11.5 Å². The highest BCUT2D eigenvalue weighted by Crippen LogP contribution is 2.26. The van der Waals surface area contributed by atoms with Crippen molar-refractivity contribution in [2.45, 2.75) is 11.3 Å². The van der Waals surface area contributed by atoms with Crippen LogP contribution in [0, 0.1) is 0 Å². The van der Waals surface area contributed by atoms with Gasteiger partial charge in [-0.15, -0.1) is 0 Å². The SMILES string of the molecule is COc1ccc(OC)c(CCNC(=O)c2cccc(S(=O)(=O)N(C)c3cccc(Cl)c3)c2)c1. The highest BCUT2D eigenvalue weighted by molar-refractivity contribution is 7.92. The molecule has 0 fully saturated rings. The number of nitrogens with one attached hydrogen (secondary N) is 1. The number of methoxy groups -OCH3 is 2. The van der Waals surface area contributed by atoms with E-state index in [9.17, 15) is 13.2 Å². The zero-order valence-electron chi connectivity index (χ0n) is 18.5. The van der Waals surface area contributed by atoms with Crippen molar-refractivity contribution in [3.05, 3.63) is 82.9 Å². The molecule has 9 heteroatoms. The third-order valence-corrected chi connectivity index (χ3v) is 7.11. The van der Waals surface area contributed by atoms with Crippen LogP contribution in [0.15, 0.2) is 71.6 Å². The number of carbonyl (C=O) groups is 1. The van der Waals surface area contributed by atoms with Crippen LogP contribution < -0.4 is 19.1 Å². The number of rotatable bonds is 9. The summed E-state index contributed by atoms with van der Waals surface area (Å²) in [5.74, 6) is 1.01. The Kier molecular flexibility index (Phi) is 7.84. The second-order valence-corrected chi connectivity index (χ2v) is 9.57. The first kappa shape index (κ1) is 24.4. The molecule has 1 N–H and O–H groups in total. The third kappa shape index (κ3) is 5.77. The predicted octanol–water partition coefficient (Wildman–Crippen LogP) is 4.15. The second-order valence-electron chi connectivity index (χ2n) is 7.16. The molecule has 0 unspecified atom stereocenters. The Labute approximate surface area is 198 Å². The second kappa shape index (κ2) is 10.6. The number of sulfonamides is 1. The molecular weight excluding hydrogens is 464 g/mol. The summed E-state index contributed by atoms with van der Waals surface area (Å²) in [4.78, 5) is 12.7. The summed E-state index contributed by atoms with van der Waals surface area (Å²) in [6.07, 6.45) is 0.515. The summed E-state index contributed by atoms with van der Waals surface area (Å²) in [5, 5.41) is 3.25. The van der Waals surface area contributed by atoms with Crippen molar-refractivity contribution < 1.29 is 22.7 Å². The van der Waals surface area contributed by atoms with Crippen LogP contribution in [-0.4, -0.2) is 42.1 Å². The van der Waals surface area contributed by atoms with Gasteiger partial charge in [0.05, 0.1) is 24.8 Å². The molecule has 0 radical (unpaired) electrons. The number of halogens is 1. The van der Waals surface area contributed by atoms with Crippen LogP contribution in [0.1, 0.15) is 15.9 Å². The van der Waals surface area contributed by atoms with Crippen molar-refractivity contribution in [1.29, 1.82) is 0 Å². The lowest BCUT2D eigenvalue weighted by molar-refractivity contribution is 0.0954. The number of amides is 1. The van der Waals surface area contributed by atoms with E-state index in [1.807, 2.05) is 6.07 Å². The summed E-state index contributed by atoms with van der Waals surface area (Å²) >= 11 is 5.99. The van der Waals surface area contributed by atoms with Crippen LogP contribution in [-0.2, 0) is 16.4 Å². The quantitative estimate of drug-likeness (QED) is 0.489. The Bertz CT molecular complexity index is 1250. The fourth-order valence-electron chi connectivity index (χ4n) is 3.26. The molecule has 1 amide bonds. The summed E-state index contributed by atoms with van der Waals surface area (Å²) in [6, 6.07) is 17.9. The molecule has 0 aromatic heterocycles. The monoisotopic (exact) mass is 488 g/mol. The first-order valence-corrected chi connectivity index (χ1v) is 11.9. The maximum Gasteiger partial charge on any atom is 0.264 e. The standard InChI is InChI=1S/C24H25ClN2O5S/c1-27(20-8-5-7-19(25)16-20)33(29,30)22-9-4-6-18(15-22)24(28)26-13-12-17-14-21(31-2)10-11-23(17)32-3/h4-11,14-16H,12-13H2,1-3H3,(H,26,28). The van der Waals surface area contributed by atoms with Gasteiger partial charge in [-0.2, -0.15) is 0 Å². The van der Waals surface area contributed by atoms with E-state index >= 15 is 0 Å². The number of anilines is 1. The number of hydrogen-bond acceptors (Lipinski definition) is 5. The minimum atomic E-state index is -3.88. The Morgan fingerprint density at radius 2 is 1.76 bits per heavy atom. The Morgan fingerprint density at radius 3 is 2.45 bits per heavy atom. The molecule has 0 heterocycles. The molecule has 0 aliphatic carbocycles. The van der Waals surface area contributed by atoms with Crippen molar-refractivity contribution in [2.24, 2.45) is 0 Å². The fraction of sp³-hybridized carbons (Fsp3) is 0.208. The molecule has 3 aromatic rings. The highest BCUT2D eigenvalue weighted by Gasteiger charge is 2.22. The van der Waals surface area contributed by atoms with Gasteiger partial charge in [0.2, 0.25) is 0 Å². The maximum atomic E-state index is 13.1. The lowest BCUT2D eigenvalue weighted by Crippen LogP contribution is -2.28. The zero-order chi connectivity index (χ0) is 24.0. The number of benzene rings is 3. The van der Waals surface area contributed by atoms with Gasteiger partial charge < -0.3 is 14.8 Å². The number of nitrogens with zero attached hydrogens (tertiary/aromatic N) is 1. The lowest BCUT2D eigenvalue weighted by atomic mass is 10.1. The number of carbonyl (C=O) groups excluding carboxylic acids is 1. The molecular formula is C24H25ClN2O5S. The van der Waals surface area contributed by atoms with Gasteiger partial charge in [-0.1, -0.05) is 23.7 Å². The van der Waals surface area contributed by atoms with Gasteiger partial charge >= 0.3 is 0 Å². The average Bonchev–Trinajstić information content (AvgIpc) is 2.83.